The monoisotopic (exact) mass is 479 g/mol. The predicted molar refractivity (Wildman–Crippen MR) is 129 cm³/mol. The molecule has 162 valence electrons. The van der Waals surface area contributed by atoms with E-state index in [0.717, 1.165) is 35.2 Å². The lowest BCUT2D eigenvalue weighted by atomic mass is 10.1. The molecule has 0 amide bonds. The van der Waals surface area contributed by atoms with Crippen molar-refractivity contribution >= 4 is 34.4 Å². The highest BCUT2D eigenvalue weighted by atomic mass is 32.2. The van der Waals surface area contributed by atoms with Crippen molar-refractivity contribution in [2.45, 2.75) is 36.7 Å². The first kappa shape index (κ1) is 21.1. The summed E-state index contributed by atoms with van der Waals surface area (Å²) in [4.78, 5) is 2.26. The molecule has 0 N–H and O–H groups in total. The number of benzene rings is 1. The van der Waals surface area contributed by atoms with Gasteiger partial charge in [-0.3, -0.25) is 0 Å². The quantitative estimate of drug-likeness (QED) is 0.237. The van der Waals surface area contributed by atoms with E-state index in [9.17, 15) is 0 Å². The zero-order valence-corrected chi connectivity index (χ0v) is 19.9. The standard InChI is InChI=1S/C23H21N5OS3/c1-16(21-25-26-22(29-21)19-10-6-14-31-19)32-23-27-24-20(15-18-9-5-13-30-18)28(23)12-11-17-7-3-2-4-8-17/h2-10,13-14,16H,11-12,15H2,1H3. The highest BCUT2D eigenvalue weighted by Gasteiger charge is 2.21. The smallest absolute Gasteiger partial charge is 0.257 e. The van der Waals surface area contributed by atoms with Crippen molar-refractivity contribution in [3.05, 3.63) is 87.5 Å². The number of nitrogens with zero attached hydrogens (tertiary/aromatic N) is 5. The van der Waals surface area contributed by atoms with Crippen molar-refractivity contribution in [1.29, 1.82) is 0 Å². The van der Waals surface area contributed by atoms with Crippen molar-refractivity contribution in [1.82, 2.24) is 25.0 Å². The number of hydrogen-bond acceptors (Lipinski definition) is 8. The maximum absolute atomic E-state index is 5.93. The molecular formula is C23H21N5OS3. The van der Waals surface area contributed by atoms with E-state index in [-0.39, 0.29) is 5.25 Å². The first-order valence-corrected chi connectivity index (χ1v) is 12.9. The molecule has 6 nitrogen and oxygen atoms in total. The van der Waals surface area contributed by atoms with E-state index < -0.39 is 0 Å². The van der Waals surface area contributed by atoms with Crippen LogP contribution in [0.5, 0.6) is 0 Å². The van der Waals surface area contributed by atoms with Crippen molar-refractivity contribution in [3.8, 4) is 10.8 Å². The summed E-state index contributed by atoms with van der Waals surface area (Å²) in [6, 6.07) is 18.7. The van der Waals surface area contributed by atoms with Crippen LogP contribution in [-0.2, 0) is 19.4 Å². The molecule has 1 unspecified atom stereocenters. The molecule has 4 aromatic heterocycles. The Morgan fingerprint density at radius 1 is 0.938 bits per heavy atom. The molecule has 0 fully saturated rings. The molecule has 1 aromatic carbocycles. The van der Waals surface area contributed by atoms with Crippen LogP contribution in [0.3, 0.4) is 0 Å². The molecule has 0 aliphatic rings. The van der Waals surface area contributed by atoms with E-state index >= 15 is 0 Å². The molecule has 0 radical (unpaired) electrons. The number of thiophene rings is 2. The van der Waals surface area contributed by atoms with Crippen LogP contribution in [0, 0.1) is 0 Å². The lowest BCUT2D eigenvalue weighted by Gasteiger charge is -2.12. The Bertz CT molecular complexity index is 1250. The van der Waals surface area contributed by atoms with Crippen LogP contribution in [0.4, 0.5) is 0 Å². The zero-order chi connectivity index (χ0) is 21.8. The molecule has 0 spiro atoms. The van der Waals surface area contributed by atoms with Crippen molar-refractivity contribution in [2.24, 2.45) is 0 Å². The van der Waals surface area contributed by atoms with Gasteiger partial charge in [-0.05, 0) is 41.8 Å². The van der Waals surface area contributed by atoms with E-state index in [0.29, 0.717) is 11.8 Å². The minimum absolute atomic E-state index is 0.0366. The summed E-state index contributed by atoms with van der Waals surface area (Å²) in [6.07, 6.45) is 1.69. The Labute approximate surface area is 198 Å². The van der Waals surface area contributed by atoms with Crippen LogP contribution >= 0.6 is 34.4 Å². The number of aromatic nitrogens is 5. The second kappa shape index (κ2) is 9.81. The highest BCUT2D eigenvalue weighted by Crippen LogP contribution is 2.35. The minimum atomic E-state index is -0.0366. The van der Waals surface area contributed by atoms with Crippen LogP contribution in [0.15, 0.2) is 74.9 Å². The maximum Gasteiger partial charge on any atom is 0.257 e. The van der Waals surface area contributed by atoms with E-state index in [1.54, 1.807) is 34.4 Å². The summed E-state index contributed by atoms with van der Waals surface area (Å²) in [5.74, 6) is 2.13. The molecule has 5 aromatic rings. The second-order valence-electron chi connectivity index (χ2n) is 7.23. The van der Waals surface area contributed by atoms with E-state index in [1.165, 1.54) is 10.4 Å². The number of thioether (sulfide) groups is 1. The Balaban J connectivity index is 1.36. The first-order chi connectivity index (χ1) is 15.8. The van der Waals surface area contributed by atoms with E-state index in [4.69, 9.17) is 4.42 Å². The number of aryl methyl sites for hydroxylation is 1. The van der Waals surface area contributed by atoms with Crippen LogP contribution in [0.1, 0.15) is 34.3 Å². The van der Waals surface area contributed by atoms with E-state index in [2.05, 4.69) is 73.7 Å². The number of rotatable bonds is 9. The molecule has 9 heteroatoms. The average molecular weight is 480 g/mol. The van der Waals surface area contributed by atoms with Crippen LogP contribution in [0.25, 0.3) is 10.8 Å². The van der Waals surface area contributed by atoms with Gasteiger partial charge in [-0.2, -0.15) is 0 Å². The van der Waals surface area contributed by atoms with Gasteiger partial charge in [0.1, 0.15) is 5.82 Å². The lowest BCUT2D eigenvalue weighted by molar-refractivity contribution is 0.509. The van der Waals surface area contributed by atoms with Crippen LogP contribution in [0.2, 0.25) is 0 Å². The zero-order valence-electron chi connectivity index (χ0n) is 17.4. The van der Waals surface area contributed by atoms with Crippen LogP contribution < -0.4 is 0 Å². The summed E-state index contributed by atoms with van der Waals surface area (Å²) < 4.78 is 8.16. The fraction of sp³-hybridized carbons (Fsp3) is 0.217. The average Bonchev–Trinajstić information content (AvgIpc) is 3.61. The fourth-order valence-corrected chi connectivity index (χ4v) is 5.59. The van der Waals surface area contributed by atoms with Gasteiger partial charge < -0.3 is 8.98 Å². The largest absolute Gasteiger partial charge is 0.419 e. The Morgan fingerprint density at radius 3 is 2.56 bits per heavy atom. The first-order valence-electron chi connectivity index (χ1n) is 10.3. The minimum Gasteiger partial charge on any atom is -0.419 e. The van der Waals surface area contributed by atoms with Gasteiger partial charge in [0, 0.05) is 17.8 Å². The fourth-order valence-electron chi connectivity index (χ4n) is 3.32. The third-order valence-corrected chi connectivity index (χ3v) is 7.78. The predicted octanol–water partition coefficient (Wildman–Crippen LogP) is 6.14. The molecular weight excluding hydrogens is 458 g/mol. The molecule has 0 saturated carbocycles. The summed E-state index contributed by atoms with van der Waals surface area (Å²) in [6.45, 7) is 2.88. The van der Waals surface area contributed by atoms with Crippen molar-refractivity contribution < 1.29 is 4.42 Å². The maximum atomic E-state index is 5.93. The van der Waals surface area contributed by atoms with Gasteiger partial charge in [0.05, 0.1) is 10.1 Å². The van der Waals surface area contributed by atoms with Gasteiger partial charge >= 0.3 is 0 Å². The molecule has 0 aliphatic carbocycles. The second-order valence-corrected chi connectivity index (χ2v) is 10.5. The summed E-state index contributed by atoms with van der Waals surface area (Å²) in [7, 11) is 0. The Kier molecular flexibility index (Phi) is 6.47. The third-order valence-electron chi connectivity index (χ3n) is 4.98. The van der Waals surface area contributed by atoms with Gasteiger partial charge in [0.15, 0.2) is 5.16 Å². The van der Waals surface area contributed by atoms with Gasteiger partial charge in [-0.15, -0.1) is 43.1 Å². The molecule has 0 bridgehead atoms. The summed E-state index contributed by atoms with van der Waals surface area (Å²) >= 11 is 4.93. The summed E-state index contributed by atoms with van der Waals surface area (Å²) in [5, 5.41) is 22.5. The Hall–Kier alpha value is -2.75. The topological polar surface area (TPSA) is 69.6 Å². The van der Waals surface area contributed by atoms with Crippen LogP contribution in [-0.4, -0.2) is 25.0 Å². The summed E-state index contributed by atoms with van der Waals surface area (Å²) in [5.41, 5.74) is 1.30. The molecule has 0 aliphatic heterocycles. The number of hydrogen-bond donors (Lipinski definition) is 0. The molecule has 32 heavy (non-hydrogen) atoms. The highest BCUT2D eigenvalue weighted by molar-refractivity contribution is 7.99. The molecule has 5 rings (SSSR count). The van der Waals surface area contributed by atoms with E-state index in [1.807, 2.05) is 23.6 Å². The third kappa shape index (κ3) is 4.85. The van der Waals surface area contributed by atoms with Crippen molar-refractivity contribution in [3.63, 3.8) is 0 Å². The van der Waals surface area contributed by atoms with Gasteiger partial charge in [0.2, 0.25) is 5.89 Å². The molecule has 4 heterocycles. The van der Waals surface area contributed by atoms with Crippen molar-refractivity contribution in [2.75, 3.05) is 0 Å². The van der Waals surface area contributed by atoms with Gasteiger partial charge in [-0.25, -0.2) is 0 Å². The van der Waals surface area contributed by atoms with Gasteiger partial charge in [0.25, 0.3) is 5.89 Å². The normalized spacial score (nSPS) is 12.3. The molecule has 0 saturated heterocycles. The SMILES string of the molecule is CC(Sc1nnc(Cc2cccs2)n1CCc1ccccc1)c1nnc(-c2cccs2)o1. The molecule has 1 atom stereocenters. The lowest BCUT2D eigenvalue weighted by Crippen LogP contribution is -2.08. The Morgan fingerprint density at radius 2 is 1.78 bits per heavy atom. The van der Waals surface area contributed by atoms with Gasteiger partial charge in [-0.1, -0.05) is 54.2 Å².